The number of esters is 1. The van der Waals surface area contributed by atoms with Gasteiger partial charge in [0, 0.05) is 4.90 Å². The number of ether oxygens (including phenoxy) is 2. The smallest absolute Gasteiger partial charge is 0.338 e. The Bertz CT molecular complexity index is 1460. The number of carbonyl (C=O) groups is 1. The standard InChI is InChI=1S/C25H23ClN2O4S2/c1-5-32-24(30)21-14(2)27-25-28(22(21)16-7-9-17(33-4)10-8-16)23(29)20(34-25)13-15-6-11-19(31-3)18(26)12-15/h6-13,22H,5H2,1-4H3/b20-13+/t22-/m1/s1. The third-order valence-electron chi connectivity index (χ3n) is 5.42. The molecule has 0 radical (unpaired) electrons. The molecule has 0 spiro atoms. The predicted molar refractivity (Wildman–Crippen MR) is 137 cm³/mol. The van der Waals surface area contributed by atoms with Crippen molar-refractivity contribution in [3.8, 4) is 5.75 Å². The molecule has 0 amide bonds. The van der Waals surface area contributed by atoms with E-state index < -0.39 is 12.0 Å². The Morgan fingerprint density at radius 2 is 2.00 bits per heavy atom. The molecule has 34 heavy (non-hydrogen) atoms. The maximum atomic E-state index is 13.6. The lowest BCUT2D eigenvalue weighted by molar-refractivity contribution is -0.139. The normalized spacial score (nSPS) is 15.7. The van der Waals surface area contributed by atoms with E-state index in [1.54, 1.807) is 55.5 Å². The first-order chi connectivity index (χ1) is 16.4. The van der Waals surface area contributed by atoms with Gasteiger partial charge in [-0.15, -0.1) is 11.8 Å². The van der Waals surface area contributed by atoms with Crippen LogP contribution in [0.1, 0.15) is 31.0 Å². The fourth-order valence-electron chi connectivity index (χ4n) is 3.82. The van der Waals surface area contributed by atoms with Crippen LogP contribution in [-0.2, 0) is 9.53 Å². The van der Waals surface area contributed by atoms with Gasteiger partial charge in [-0.25, -0.2) is 9.79 Å². The lowest BCUT2D eigenvalue weighted by atomic mass is 9.96. The number of nitrogens with zero attached hydrogens (tertiary/aromatic N) is 2. The van der Waals surface area contributed by atoms with Gasteiger partial charge in [-0.2, -0.15) is 0 Å². The first-order valence-corrected chi connectivity index (χ1v) is 13.0. The Morgan fingerprint density at radius 3 is 2.62 bits per heavy atom. The lowest BCUT2D eigenvalue weighted by Gasteiger charge is -2.24. The van der Waals surface area contributed by atoms with Crippen molar-refractivity contribution >= 4 is 46.7 Å². The van der Waals surface area contributed by atoms with E-state index in [1.165, 1.54) is 11.3 Å². The van der Waals surface area contributed by atoms with E-state index in [-0.39, 0.29) is 12.2 Å². The summed E-state index contributed by atoms with van der Waals surface area (Å²) in [5, 5.41) is 0.455. The molecule has 2 heterocycles. The van der Waals surface area contributed by atoms with Crippen LogP contribution < -0.4 is 19.6 Å². The van der Waals surface area contributed by atoms with Gasteiger partial charge in [0.25, 0.3) is 5.56 Å². The predicted octanol–water partition coefficient (Wildman–Crippen LogP) is 4.18. The molecule has 1 atom stereocenters. The Labute approximate surface area is 210 Å². The van der Waals surface area contributed by atoms with Crippen molar-refractivity contribution in [3.63, 3.8) is 0 Å². The summed E-state index contributed by atoms with van der Waals surface area (Å²) in [5.74, 6) is 0.0857. The summed E-state index contributed by atoms with van der Waals surface area (Å²) in [6.45, 7) is 3.76. The van der Waals surface area contributed by atoms with E-state index in [1.807, 2.05) is 36.6 Å². The monoisotopic (exact) mass is 514 g/mol. The number of hydrogen-bond donors (Lipinski definition) is 0. The van der Waals surface area contributed by atoms with Crippen molar-refractivity contribution in [1.29, 1.82) is 0 Å². The molecule has 0 fully saturated rings. The van der Waals surface area contributed by atoms with Gasteiger partial charge in [-0.3, -0.25) is 9.36 Å². The molecule has 0 N–H and O–H groups in total. The van der Waals surface area contributed by atoms with Gasteiger partial charge in [0.1, 0.15) is 5.75 Å². The van der Waals surface area contributed by atoms with Gasteiger partial charge in [0.15, 0.2) is 4.80 Å². The van der Waals surface area contributed by atoms with Crippen molar-refractivity contribution in [1.82, 2.24) is 4.57 Å². The van der Waals surface area contributed by atoms with Crippen molar-refractivity contribution in [2.75, 3.05) is 20.0 Å². The van der Waals surface area contributed by atoms with E-state index >= 15 is 0 Å². The molecule has 0 unspecified atom stereocenters. The SMILES string of the molecule is CCOC(=O)C1=C(C)N=c2s/c(=C/c3ccc(OC)c(Cl)c3)c(=O)n2[C@@H]1c1ccc(SC)cc1. The Kier molecular flexibility index (Phi) is 7.30. The first kappa shape index (κ1) is 24.3. The van der Waals surface area contributed by atoms with E-state index in [0.717, 1.165) is 16.0 Å². The second kappa shape index (κ2) is 10.2. The maximum absolute atomic E-state index is 13.6. The van der Waals surface area contributed by atoms with Crippen molar-refractivity contribution in [3.05, 3.63) is 89.6 Å². The highest BCUT2D eigenvalue weighted by atomic mass is 35.5. The van der Waals surface area contributed by atoms with Crippen molar-refractivity contribution in [2.24, 2.45) is 4.99 Å². The molecule has 0 saturated carbocycles. The summed E-state index contributed by atoms with van der Waals surface area (Å²) in [5.41, 5.74) is 2.25. The maximum Gasteiger partial charge on any atom is 0.338 e. The van der Waals surface area contributed by atoms with Gasteiger partial charge in [0.2, 0.25) is 0 Å². The van der Waals surface area contributed by atoms with Crippen LogP contribution in [0.4, 0.5) is 0 Å². The van der Waals surface area contributed by atoms with E-state index in [9.17, 15) is 9.59 Å². The van der Waals surface area contributed by atoms with Gasteiger partial charge in [-0.1, -0.05) is 41.1 Å². The number of aromatic nitrogens is 1. The number of methoxy groups -OCH3 is 1. The quantitative estimate of drug-likeness (QED) is 0.364. The van der Waals surface area contributed by atoms with Gasteiger partial charge in [0.05, 0.1) is 40.6 Å². The molecule has 1 aromatic heterocycles. The zero-order chi connectivity index (χ0) is 24.4. The molecule has 9 heteroatoms. The number of thiazole rings is 1. The average Bonchev–Trinajstić information content (AvgIpc) is 3.12. The lowest BCUT2D eigenvalue weighted by Crippen LogP contribution is -2.39. The largest absolute Gasteiger partial charge is 0.495 e. The minimum absolute atomic E-state index is 0.232. The minimum Gasteiger partial charge on any atom is -0.495 e. The molecule has 1 aliphatic heterocycles. The summed E-state index contributed by atoms with van der Waals surface area (Å²) < 4.78 is 12.6. The molecule has 0 bridgehead atoms. The van der Waals surface area contributed by atoms with Crippen LogP contribution >= 0.6 is 34.7 Å². The molecule has 3 aromatic rings. The summed E-state index contributed by atoms with van der Waals surface area (Å²) in [6.07, 6.45) is 3.77. The highest BCUT2D eigenvalue weighted by Crippen LogP contribution is 2.31. The average molecular weight is 515 g/mol. The number of hydrogen-bond acceptors (Lipinski definition) is 7. The second-order valence-corrected chi connectivity index (χ2v) is 9.77. The van der Waals surface area contributed by atoms with Crippen LogP contribution in [-0.4, -0.2) is 30.5 Å². The third-order valence-corrected chi connectivity index (χ3v) is 7.44. The summed E-state index contributed by atoms with van der Waals surface area (Å²) in [4.78, 5) is 32.8. The molecular weight excluding hydrogens is 492 g/mol. The minimum atomic E-state index is -0.632. The van der Waals surface area contributed by atoms with Crippen LogP contribution in [0.3, 0.4) is 0 Å². The van der Waals surface area contributed by atoms with Crippen molar-refractivity contribution < 1.29 is 14.3 Å². The molecule has 6 nitrogen and oxygen atoms in total. The van der Waals surface area contributed by atoms with Gasteiger partial charge in [-0.05, 0) is 61.6 Å². The Morgan fingerprint density at radius 1 is 1.26 bits per heavy atom. The number of rotatable bonds is 6. The summed E-state index contributed by atoms with van der Waals surface area (Å²) in [6, 6.07) is 12.5. The summed E-state index contributed by atoms with van der Waals surface area (Å²) >= 11 is 9.16. The van der Waals surface area contributed by atoms with E-state index in [2.05, 4.69) is 4.99 Å². The number of thioether (sulfide) groups is 1. The van der Waals surface area contributed by atoms with Gasteiger partial charge < -0.3 is 9.47 Å². The van der Waals surface area contributed by atoms with Crippen LogP contribution in [0.15, 0.2) is 68.4 Å². The number of allylic oxidation sites excluding steroid dienone is 1. The zero-order valence-electron chi connectivity index (χ0n) is 19.1. The Balaban J connectivity index is 1.92. The van der Waals surface area contributed by atoms with Crippen LogP contribution in [0.25, 0.3) is 6.08 Å². The van der Waals surface area contributed by atoms with Gasteiger partial charge >= 0.3 is 5.97 Å². The highest BCUT2D eigenvalue weighted by molar-refractivity contribution is 7.98. The van der Waals surface area contributed by atoms with Crippen molar-refractivity contribution in [2.45, 2.75) is 24.8 Å². The molecule has 1 aliphatic rings. The fourth-order valence-corrected chi connectivity index (χ4v) is 5.54. The fraction of sp³-hybridized carbons (Fsp3) is 0.240. The molecule has 176 valence electrons. The molecule has 2 aromatic carbocycles. The topological polar surface area (TPSA) is 69.9 Å². The van der Waals surface area contributed by atoms with Crippen LogP contribution in [0, 0.1) is 0 Å². The molecular formula is C25H23ClN2O4S2. The second-order valence-electron chi connectivity index (χ2n) is 7.47. The highest BCUT2D eigenvalue weighted by Gasteiger charge is 2.33. The summed E-state index contributed by atoms with van der Waals surface area (Å²) in [7, 11) is 1.55. The number of halogens is 1. The van der Waals surface area contributed by atoms with E-state index in [4.69, 9.17) is 21.1 Å². The number of carbonyl (C=O) groups excluding carboxylic acids is 1. The zero-order valence-corrected chi connectivity index (χ0v) is 21.5. The number of fused-ring (bicyclic) bond motifs is 1. The Hall–Kier alpha value is -2.81. The van der Waals surface area contributed by atoms with Crippen LogP contribution in [0.2, 0.25) is 5.02 Å². The molecule has 4 rings (SSSR count). The van der Waals surface area contributed by atoms with E-state index in [0.29, 0.717) is 31.4 Å². The third kappa shape index (κ3) is 4.58. The number of benzene rings is 2. The molecule has 0 saturated heterocycles. The molecule has 0 aliphatic carbocycles. The van der Waals surface area contributed by atoms with Crippen LogP contribution in [0.5, 0.6) is 5.75 Å². The first-order valence-electron chi connectivity index (χ1n) is 10.5.